The lowest BCUT2D eigenvalue weighted by molar-refractivity contribution is 0.392. The van der Waals surface area contributed by atoms with E-state index in [0.29, 0.717) is 16.9 Å². The first-order chi connectivity index (χ1) is 5.57. The molecule has 12 heavy (non-hydrogen) atoms. The molecule has 0 bridgehead atoms. The second kappa shape index (κ2) is 3.01. The Morgan fingerprint density at radius 3 is 2.42 bits per heavy atom. The molecule has 0 aromatic heterocycles. The van der Waals surface area contributed by atoms with Gasteiger partial charge in [0, 0.05) is 6.07 Å². The predicted octanol–water partition coefficient (Wildman–Crippen LogP) is 2.16. The normalized spacial score (nSPS) is 10.0. The van der Waals surface area contributed by atoms with Crippen molar-refractivity contribution in [3.63, 3.8) is 0 Å². The van der Waals surface area contributed by atoms with Crippen LogP contribution in [0.3, 0.4) is 0 Å². The Hall–Kier alpha value is -1.25. The average Bonchev–Trinajstić information content (AvgIpc) is 2.08. The molecule has 0 aliphatic heterocycles. The van der Waals surface area contributed by atoms with Crippen molar-refractivity contribution in [3.8, 4) is 11.5 Å². The van der Waals surface area contributed by atoms with E-state index in [1.807, 2.05) is 0 Å². The molecular weight excluding hydrogens is 159 g/mol. The van der Waals surface area contributed by atoms with Gasteiger partial charge in [-0.25, -0.2) is 4.39 Å². The lowest BCUT2D eigenvalue weighted by atomic mass is 10.1. The first kappa shape index (κ1) is 8.84. The highest BCUT2D eigenvalue weighted by Gasteiger charge is 2.11. The molecule has 1 aromatic rings. The largest absolute Gasteiger partial charge is 0.505 e. The number of hydrogen-bond acceptors (Lipinski definition) is 2. The van der Waals surface area contributed by atoms with E-state index >= 15 is 0 Å². The third-order valence-electron chi connectivity index (χ3n) is 1.97. The van der Waals surface area contributed by atoms with Crippen molar-refractivity contribution in [1.29, 1.82) is 0 Å². The number of ether oxygens (including phenoxy) is 1. The Labute approximate surface area is 70.6 Å². The van der Waals surface area contributed by atoms with Gasteiger partial charge in [0.1, 0.15) is 5.75 Å². The van der Waals surface area contributed by atoms with Crippen LogP contribution in [0.4, 0.5) is 4.39 Å². The van der Waals surface area contributed by atoms with Crippen molar-refractivity contribution in [2.75, 3.05) is 7.11 Å². The number of halogens is 1. The minimum atomic E-state index is -0.576. The van der Waals surface area contributed by atoms with E-state index < -0.39 is 5.82 Å². The van der Waals surface area contributed by atoms with Gasteiger partial charge in [0.05, 0.1) is 7.11 Å². The van der Waals surface area contributed by atoms with Crippen molar-refractivity contribution in [1.82, 2.24) is 0 Å². The van der Waals surface area contributed by atoms with Gasteiger partial charge in [-0.3, -0.25) is 0 Å². The van der Waals surface area contributed by atoms with E-state index in [1.165, 1.54) is 13.2 Å². The lowest BCUT2D eigenvalue weighted by Gasteiger charge is -2.09. The van der Waals surface area contributed by atoms with Gasteiger partial charge in [0.25, 0.3) is 0 Å². The fraction of sp³-hybridized carbons (Fsp3) is 0.333. The third-order valence-corrected chi connectivity index (χ3v) is 1.97. The molecule has 0 aliphatic rings. The second-order valence-corrected chi connectivity index (χ2v) is 2.66. The minimum Gasteiger partial charge on any atom is -0.505 e. The highest BCUT2D eigenvalue weighted by Crippen LogP contribution is 2.30. The summed E-state index contributed by atoms with van der Waals surface area (Å²) in [5.74, 6) is -0.436. The van der Waals surface area contributed by atoms with Gasteiger partial charge in [-0.15, -0.1) is 0 Å². The quantitative estimate of drug-likeness (QED) is 0.699. The maximum Gasteiger partial charge on any atom is 0.168 e. The summed E-state index contributed by atoms with van der Waals surface area (Å²) in [6.07, 6.45) is 0. The summed E-state index contributed by atoms with van der Waals surface area (Å²) >= 11 is 0. The van der Waals surface area contributed by atoms with Gasteiger partial charge in [0.15, 0.2) is 11.6 Å². The number of benzene rings is 1. The number of aromatic hydroxyl groups is 1. The van der Waals surface area contributed by atoms with Gasteiger partial charge >= 0.3 is 0 Å². The molecule has 0 aliphatic carbocycles. The molecule has 0 radical (unpaired) electrons. The first-order valence-electron chi connectivity index (χ1n) is 3.60. The lowest BCUT2D eigenvalue weighted by Crippen LogP contribution is -1.93. The standard InChI is InChI=1S/C9H11FO2/c1-5-6(2)9(10)7(11)4-8(5)12-3/h4,11H,1-3H3. The fourth-order valence-corrected chi connectivity index (χ4v) is 1.05. The van der Waals surface area contributed by atoms with Crippen LogP contribution in [0.15, 0.2) is 6.07 Å². The molecule has 0 heterocycles. The van der Waals surface area contributed by atoms with E-state index in [0.717, 1.165) is 0 Å². The van der Waals surface area contributed by atoms with Gasteiger partial charge < -0.3 is 9.84 Å². The Morgan fingerprint density at radius 2 is 1.92 bits per heavy atom. The van der Waals surface area contributed by atoms with Crippen LogP contribution in [0.2, 0.25) is 0 Å². The topological polar surface area (TPSA) is 29.5 Å². The first-order valence-corrected chi connectivity index (χ1v) is 3.60. The molecule has 0 saturated heterocycles. The van der Waals surface area contributed by atoms with Crippen LogP contribution in [0, 0.1) is 19.7 Å². The minimum absolute atomic E-state index is 0.366. The predicted molar refractivity (Wildman–Crippen MR) is 44.1 cm³/mol. The van der Waals surface area contributed by atoms with Gasteiger partial charge in [-0.05, 0) is 25.0 Å². The zero-order chi connectivity index (χ0) is 9.30. The van der Waals surface area contributed by atoms with Crippen LogP contribution in [-0.2, 0) is 0 Å². The van der Waals surface area contributed by atoms with Crippen LogP contribution in [0.1, 0.15) is 11.1 Å². The molecule has 0 fully saturated rings. The van der Waals surface area contributed by atoms with Crippen molar-refractivity contribution in [2.24, 2.45) is 0 Å². The Bertz CT molecular complexity index is 308. The smallest absolute Gasteiger partial charge is 0.168 e. The number of methoxy groups -OCH3 is 1. The Morgan fingerprint density at radius 1 is 1.33 bits per heavy atom. The molecule has 0 saturated carbocycles. The van der Waals surface area contributed by atoms with Gasteiger partial charge in [-0.2, -0.15) is 0 Å². The van der Waals surface area contributed by atoms with Gasteiger partial charge in [0.2, 0.25) is 0 Å². The SMILES string of the molecule is COc1cc(O)c(F)c(C)c1C. The Balaban J connectivity index is 3.39. The molecule has 0 spiro atoms. The van der Waals surface area contributed by atoms with Crippen molar-refractivity contribution in [3.05, 3.63) is 23.0 Å². The van der Waals surface area contributed by atoms with E-state index in [-0.39, 0.29) is 5.75 Å². The van der Waals surface area contributed by atoms with Crippen LogP contribution < -0.4 is 4.74 Å². The maximum absolute atomic E-state index is 13.0. The summed E-state index contributed by atoms with van der Waals surface area (Å²) in [6.45, 7) is 3.35. The second-order valence-electron chi connectivity index (χ2n) is 2.66. The summed E-state index contributed by atoms with van der Waals surface area (Å²) in [6, 6.07) is 1.28. The van der Waals surface area contributed by atoms with Gasteiger partial charge in [-0.1, -0.05) is 0 Å². The summed E-state index contributed by atoms with van der Waals surface area (Å²) in [4.78, 5) is 0. The fourth-order valence-electron chi connectivity index (χ4n) is 1.05. The number of phenols is 1. The van der Waals surface area contributed by atoms with E-state index in [2.05, 4.69) is 0 Å². The Kier molecular flexibility index (Phi) is 2.22. The van der Waals surface area contributed by atoms with Crippen molar-refractivity contribution in [2.45, 2.75) is 13.8 Å². The van der Waals surface area contributed by atoms with Crippen LogP contribution in [0.5, 0.6) is 11.5 Å². The summed E-state index contributed by atoms with van der Waals surface area (Å²) in [5.41, 5.74) is 1.14. The van der Waals surface area contributed by atoms with E-state index in [9.17, 15) is 4.39 Å². The van der Waals surface area contributed by atoms with Crippen molar-refractivity contribution < 1.29 is 14.2 Å². The summed E-state index contributed by atoms with van der Waals surface area (Å²) in [7, 11) is 1.49. The van der Waals surface area contributed by atoms with Crippen LogP contribution >= 0.6 is 0 Å². The average molecular weight is 170 g/mol. The summed E-state index contributed by atoms with van der Waals surface area (Å²) < 4.78 is 17.9. The number of phenolic OH excluding ortho intramolecular Hbond substituents is 1. The molecule has 0 amide bonds. The molecule has 1 rings (SSSR count). The van der Waals surface area contributed by atoms with Crippen LogP contribution in [0.25, 0.3) is 0 Å². The molecule has 3 heteroatoms. The van der Waals surface area contributed by atoms with E-state index in [4.69, 9.17) is 9.84 Å². The van der Waals surface area contributed by atoms with Crippen molar-refractivity contribution >= 4 is 0 Å². The third kappa shape index (κ3) is 1.22. The van der Waals surface area contributed by atoms with Crippen LogP contribution in [-0.4, -0.2) is 12.2 Å². The highest BCUT2D eigenvalue weighted by molar-refractivity contribution is 5.45. The highest BCUT2D eigenvalue weighted by atomic mass is 19.1. The maximum atomic E-state index is 13.0. The summed E-state index contributed by atoms with van der Waals surface area (Å²) in [5, 5.41) is 9.08. The molecule has 0 atom stereocenters. The van der Waals surface area contributed by atoms with E-state index in [1.54, 1.807) is 13.8 Å². The molecule has 2 nitrogen and oxygen atoms in total. The molecule has 66 valence electrons. The number of hydrogen-bond donors (Lipinski definition) is 1. The molecule has 1 aromatic carbocycles. The molecular formula is C9H11FO2. The number of rotatable bonds is 1. The molecule has 1 N–H and O–H groups in total. The molecule has 0 unspecified atom stereocenters. The monoisotopic (exact) mass is 170 g/mol. The zero-order valence-electron chi connectivity index (χ0n) is 7.31. The zero-order valence-corrected chi connectivity index (χ0v) is 7.31.